The van der Waals surface area contributed by atoms with Gasteiger partial charge in [0, 0.05) is 12.1 Å². The normalized spacial score (nSPS) is 23.1. The maximum absolute atomic E-state index is 13.7. The zero-order valence-electron chi connectivity index (χ0n) is 11.6. The summed E-state index contributed by atoms with van der Waals surface area (Å²) in [6, 6.07) is 1.75. The van der Waals surface area contributed by atoms with Crippen LogP contribution in [0.4, 0.5) is 14.5 Å². The van der Waals surface area contributed by atoms with Gasteiger partial charge in [-0.15, -0.1) is 0 Å². The average molecular weight is 282 g/mol. The monoisotopic (exact) mass is 282 g/mol. The molecule has 1 aliphatic carbocycles. The van der Waals surface area contributed by atoms with Crippen LogP contribution in [0.15, 0.2) is 12.1 Å². The summed E-state index contributed by atoms with van der Waals surface area (Å²) in [4.78, 5) is 12.1. The maximum Gasteiger partial charge on any atom is 0.254 e. The Balaban J connectivity index is 2.13. The molecular weight excluding hydrogens is 262 g/mol. The van der Waals surface area contributed by atoms with Gasteiger partial charge in [-0.05, 0) is 24.8 Å². The Bertz CT molecular complexity index is 505. The van der Waals surface area contributed by atoms with Crippen molar-refractivity contribution in [2.24, 2.45) is 5.92 Å². The zero-order valence-corrected chi connectivity index (χ0v) is 11.6. The molecule has 2 rings (SSSR count). The number of carbonyl (C=O) groups excluding carboxylic acids is 1. The summed E-state index contributed by atoms with van der Waals surface area (Å²) in [5.74, 6) is -1.88. The fourth-order valence-corrected chi connectivity index (χ4v) is 2.69. The predicted molar refractivity (Wildman–Crippen MR) is 74.3 cm³/mol. The Morgan fingerprint density at radius 2 is 1.90 bits per heavy atom. The van der Waals surface area contributed by atoms with E-state index in [1.807, 2.05) is 0 Å². The van der Waals surface area contributed by atoms with Crippen LogP contribution in [-0.4, -0.2) is 11.9 Å². The number of nitrogens with one attached hydrogen (secondary N) is 1. The average Bonchev–Trinajstić information content (AvgIpc) is 2.59. The summed E-state index contributed by atoms with van der Waals surface area (Å²) in [6.45, 7) is 2.09. The van der Waals surface area contributed by atoms with Gasteiger partial charge >= 0.3 is 0 Å². The Morgan fingerprint density at radius 1 is 1.20 bits per heavy atom. The molecule has 0 saturated heterocycles. The first-order chi connectivity index (χ1) is 9.49. The van der Waals surface area contributed by atoms with Crippen LogP contribution in [0.5, 0.6) is 0 Å². The molecule has 0 aliphatic heterocycles. The van der Waals surface area contributed by atoms with Crippen LogP contribution >= 0.6 is 0 Å². The smallest absolute Gasteiger partial charge is 0.254 e. The van der Waals surface area contributed by atoms with Crippen molar-refractivity contribution in [2.75, 3.05) is 5.73 Å². The number of halogens is 2. The van der Waals surface area contributed by atoms with Crippen LogP contribution in [0, 0.1) is 17.6 Å². The lowest BCUT2D eigenvalue weighted by Gasteiger charge is -2.23. The molecule has 0 bridgehead atoms. The number of benzene rings is 1. The van der Waals surface area contributed by atoms with Crippen LogP contribution in [0.1, 0.15) is 49.4 Å². The minimum Gasteiger partial charge on any atom is -0.396 e. The second kappa shape index (κ2) is 6.20. The van der Waals surface area contributed by atoms with Crippen molar-refractivity contribution in [2.45, 2.75) is 45.1 Å². The first-order valence-electron chi connectivity index (χ1n) is 7.04. The minimum atomic E-state index is -0.879. The van der Waals surface area contributed by atoms with Crippen molar-refractivity contribution < 1.29 is 13.6 Å². The molecule has 1 aromatic carbocycles. The molecule has 0 heterocycles. The molecule has 20 heavy (non-hydrogen) atoms. The standard InChI is InChI=1S/C15H20F2N2O/c1-9-5-3-2-4-6-14(9)19-15(20)10-7-13(18)12(17)8-11(10)16/h7-9,14H,2-6,18H2,1H3,(H,19,20). The fraction of sp³-hybridized carbons (Fsp3) is 0.533. The first-order valence-corrected chi connectivity index (χ1v) is 7.04. The largest absolute Gasteiger partial charge is 0.396 e. The molecule has 1 aromatic rings. The molecule has 2 atom stereocenters. The van der Waals surface area contributed by atoms with E-state index in [1.54, 1.807) is 0 Å². The van der Waals surface area contributed by atoms with Gasteiger partial charge in [-0.1, -0.05) is 26.2 Å². The van der Waals surface area contributed by atoms with E-state index in [2.05, 4.69) is 12.2 Å². The van der Waals surface area contributed by atoms with E-state index in [9.17, 15) is 13.6 Å². The lowest BCUT2D eigenvalue weighted by Crippen LogP contribution is -2.39. The lowest BCUT2D eigenvalue weighted by molar-refractivity contribution is 0.0917. The summed E-state index contributed by atoms with van der Waals surface area (Å²) in [6.07, 6.45) is 5.33. The number of hydrogen-bond donors (Lipinski definition) is 2. The molecular formula is C15H20F2N2O. The van der Waals surface area contributed by atoms with Crippen molar-refractivity contribution in [3.8, 4) is 0 Å². The predicted octanol–water partition coefficient (Wildman–Crippen LogP) is 3.25. The molecule has 0 radical (unpaired) electrons. The number of rotatable bonds is 2. The third-order valence-electron chi connectivity index (χ3n) is 4.01. The van der Waals surface area contributed by atoms with Crippen molar-refractivity contribution in [1.82, 2.24) is 5.32 Å². The third kappa shape index (κ3) is 3.26. The Labute approximate surface area is 117 Å². The van der Waals surface area contributed by atoms with Crippen molar-refractivity contribution in [1.29, 1.82) is 0 Å². The van der Waals surface area contributed by atoms with E-state index in [0.29, 0.717) is 12.0 Å². The Hall–Kier alpha value is -1.65. The molecule has 1 saturated carbocycles. The lowest BCUT2D eigenvalue weighted by atomic mass is 9.96. The molecule has 5 heteroatoms. The van der Waals surface area contributed by atoms with Gasteiger partial charge in [0.25, 0.3) is 5.91 Å². The van der Waals surface area contributed by atoms with E-state index in [1.165, 1.54) is 0 Å². The topological polar surface area (TPSA) is 55.1 Å². The molecule has 3 N–H and O–H groups in total. The summed E-state index contributed by atoms with van der Waals surface area (Å²) >= 11 is 0. The highest BCUT2D eigenvalue weighted by molar-refractivity contribution is 5.95. The second-order valence-corrected chi connectivity index (χ2v) is 5.55. The zero-order chi connectivity index (χ0) is 14.7. The van der Waals surface area contributed by atoms with Crippen LogP contribution in [0.2, 0.25) is 0 Å². The number of nitrogen functional groups attached to an aromatic ring is 1. The molecule has 1 fully saturated rings. The molecule has 1 amide bonds. The molecule has 2 unspecified atom stereocenters. The summed E-state index contributed by atoms with van der Waals surface area (Å²) in [5.41, 5.74) is 4.98. The van der Waals surface area contributed by atoms with Crippen LogP contribution in [0.3, 0.4) is 0 Å². The Kier molecular flexibility index (Phi) is 4.57. The molecule has 110 valence electrons. The second-order valence-electron chi connectivity index (χ2n) is 5.55. The van der Waals surface area contributed by atoms with Crippen LogP contribution in [-0.2, 0) is 0 Å². The van der Waals surface area contributed by atoms with E-state index in [0.717, 1.165) is 38.2 Å². The van der Waals surface area contributed by atoms with Crippen LogP contribution in [0.25, 0.3) is 0 Å². The summed E-state index contributed by atoms with van der Waals surface area (Å²) in [5, 5.41) is 2.86. The summed E-state index contributed by atoms with van der Waals surface area (Å²) < 4.78 is 26.8. The molecule has 1 aliphatic rings. The molecule has 0 spiro atoms. The maximum atomic E-state index is 13.7. The van der Waals surface area contributed by atoms with Gasteiger partial charge in [-0.3, -0.25) is 4.79 Å². The number of carbonyl (C=O) groups is 1. The number of amides is 1. The van der Waals surface area contributed by atoms with Gasteiger partial charge in [0.15, 0.2) is 0 Å². The fourth-order valence-electron chi connectivity index (χ4n) is 2.69. The third-order valence-corrected chi connectivity index (χ3v) is 4.01. The number of nitrogens with two attached hydrogens (primary N) is 1. The minimum absolute atomic E-state index is 0.0377. The van der Waals surface area contributed by atoms with Crippen molar-refractivity contribution in [3.05, 3.63) is 29.3 Å². The Morgan fingerprint density at radius 3 is 2.65 bits per heavy atom. The van der Waals surface area contributed by atoms with Gasteiger partial charge in [0.2, 0.25) is 0 Å². The van der Waals surface area contributed by atoms with Gasteiger partial charge in [-0.25, -0.2) is 8.78 Å². The highest BCUT2D eigenvalue weighted by Crippen LogP contribution is 2.24. The van der Waals surface area contributed by atoms with Gasteiger partial charge in [-0.2, -0.15) is 0 Å². The van der Waals surface area contributed by atoms with E-state index in [-0.39, 0.29) is 17.3 Å². The van der Waals surface area contributed by atoms with Crippen LogP contribution < -0.4 is 11.1 Å². The SMILES string of the molecule is CC1CCCCCC1NC(=O)c1cc(N)c(F)cc1F. The quantitative estimate of drug-likeness (QED) is 0.646. The number of hydrogen-bond acceptors (Lipinski definition) is 2. The first kappa shape index (κ1) is 14.8. The molecule has 0 aromatic heterocycles. The van der Waals surface area contributed by atoms with E-state index < -0.39 is 17.5 Å². The van der Waals surface area contributed by atoms with Gasteiger partial charge in [0.05, 0.1) is 11.3 Å². The van der Waals surface area contributed by atoms with E-state index in [4.69, 9.17) is 5.73 Å². The van der Waals surface area contributed by atoms with Gasteiger partial charge in [0.1, 0.15) is 11.6 Å². The van der Waals surface area contributed by atoms with Crippen molar-refractivity contribution in [3.63, 3.8) is 0 Å². The highest BCUT2D eigenvalue weighted by atomic mass is 19.1. The summed E-state index contributed by atoms with van der Waals surface area (Å²) in [7, 11) is 0. The van der Waals surface area contributed by atoms with Crippen molar-refractivity contribution >= 4 is 11.6 Å². The van der Waals surface area contributed by atoms with Gasteiger partial charge < -0.3 is 11.1 Å². The van der Waals surface area contributed by atoms with E-state index >= 15 is 0 Å². The number of anilines is 1. The highest BCUT2D eigenvalue weighted by Gasteiger charge is 2.23. The molecule has 3 nitrogen and oxygen atoms in total.